The number of likely N-dealkylation sites (tertiary alicyclic amines) is 1. The summed E-state index contributed by atoms with van der Waals surface area (Å²) < 4.78 is 0. The van der Waals surface area contributed by atoms with E-state index in [4.69, 9.17) is 0 Å². The van der Waals surface area contributed by atoms with E-state index in [-0.39, 0.29) is 11.5 Å². The van der Waals surface area contributed by atoms with Crippen LogP contribution in [0.15, 0.2) is 53.3 Å². The summed E-state index contributed by atoms with van der Waals surface area (Å²) in [5.74, 6) is -0.0356. The molecule has 0 bridgehead atoms. The molecule has 1 fully saturated rings. The lowest BCUT2D eigenvalue weighted by Crippen LogP contribution is -3.11. The molecule has 26 heavy (non-hydrogen) atoms. The van der Waals surface area contributed by atoms with Crippen LogP contribution in [-0.2, 0) is 4.79 Å². The highest BCUT2D eigenvalue weighted by molar-refractivity contribution is 5.95. The van der Waals surface area contributed by atoms with E-state index in [0.717, 1.165) is 13.1 Å². The molecule has 0 spiro atoms. The zero-order chi connectivity index (χ0) is 17.9. The van der Waals surface area contributed by atoms with Gasteiger partial charge >= 0.3 is 0 Å². The molecule has 0 unspecified atom stereocenters. The summed E-state index contributed by atoms with van der Waals surface area (Å²) >= 11 is 0. The van der Waals surface area contributed by atoms with Crippen LogP contribution in [-0.4, -0.2) is 35.5 Å². The fourth-order valence-electron chi connectivity index (χ4n) is 3.48. The van der Waals surface area contributed by atoms with E-state index in [9.17, 15) is 9.59 Å². The molecule has 0 atom stereocenters. The van der Waals surface area contributed by atoms with Gasteiger partial charge in [-0.3, -0.25) is 9.59 Å². The Labute approximate surface area is 150 Å². The van der Waals surface area contributed by atoms with Gasteiger partial charge in [-0.15, -0.1) is 0 Å². The van der Waals surface area contributed by atoms with Crippen LogP contribution in [0.1, 0.15) is 12.8 Å². The van der Waals surface area contributed by atoms with E-state index in [1.54, 1.807) is 0 Å². The second-order valence-electron chi connectivity index (χ2n) is 6.66. The van der Waals surface area contributed by atoms with Gasteiger partial charge in [-0.25, -0.2) is 4.98 Å². The van der Waals surface area contributed by atoms with Gasteiger partial charge in [0.05, 0.1) is 29.8 Å². The molecule has 3 aromatic rings. The number of H-pyrrole nitrogens is 1. The summed E-state index contributed by atoms with van der Waals surface area (Å²) in [4.78, 5) is 33.6. The topological polar surface area (TPSA) is 79.3 Å². The van der Waals surface area contributed by atoms with Gasteiger partial charge in [-0.05, 0) is 18.2 Å². The zero-order valence-corrected chi connectivity index (χ0v) is 14.4. The van der Waals surface area contributed by atoms with Crippen molar-refractivity contribution >= 4 is 22.6 Å². The Morgan fingerprint density at radius 1 is 1.08 bits per heavy atom. The summed E-state index contributed by atoms with van der Waals surface area (Å²) in [6.45, 7) is 2.54. The van der Waals surface area contributed by atoms with Crippen molar-refractivity contribution in [1.29, 1.82) is 0 Å². The summed E-state index contributed by atoms with van der Waals surface area (Å²) in [5, 5.41) is 2.96. The first-order valence-corrected chi connectivity index (χ1v) is 8.92. The Balaban J connectivity index is 1.66. The number of fused-ring (bicyclic) bond motifs is 1. The smallest absolute Gasteiger partial charge is 0.279 e. The molecule has 1 aromatic heterocycles. The molecule has 1 saturated heterocycles. The Kier molecular flexibility index (Phi) is 4.50. The predicted molar refractivity (Wildman–Crippen MR) is 101 cm³/mol. The maximum absolute atomic E-state index is 12.5. The van der Waals surface area contributed by atoms with Gasteiger partial charge in [0, 0.05) is 18.4 Å². The fourth-order valence-corrected chi connectivity index (χ4v) is 3.48. The van der Waals surface area contributed by atoms with Gasteiger partial charge in [-0.2, -0.15) is 0 Å². The number of carbonyl (C=O) groups excluding carboxylic acids is 1. The van der Waals surface area contributed by atoms with E-state index < -0.39 is 0 Å². The van der Waals surface area contributed by atoms with E-state index in [1.807, 2.05) is 48.5 Å². The number of benzene rings is 2. The van der Waals surface area contributed by atoms with Crippen molar-refractivity contribution in [2.45, 2.75) is 12.8 Å². The molecule has 1 amide bonds. The van der Waals surface area contributed by atoms with E-state index in [0.29, 0.717) is 34.5 Å². The van der Waals surface area contributed by atoms with Crippen LogP contribution >= 0.6 is 0 Å². The van der Waals surface area contributed by atoms with Crippen LogP contribution < -0.4 is 15.8 Å². The van der Waals surface area contributed by atoms with Crippen LogP contribution in [0.2, 0.25) is 0 Å². The summed E-state index contributed by atoms with van der Waals surface area (Å²) in [7, 11) is 0. The molecule has 6 heteroatoms. The molecular formula is C20H21N4O2+. The average molecular weight is 349 g/mol. The molecule has 1 aliphatic heterocycles. The van der Waals surface area contributed by atoms with Crippen molar-refractivity contribution in [2.75, 3.05) is 25.0 Å². The average Bonchev–Trinajstić information content (AvgIpc) is 3.14. The molecule has 0 aliphatic carbocycles. The van der Waals surface area contributed by atoms with E-state index >= 15 is 0 Å². The van der Waals surface area contributed by atoms with Crippen molar-refractivity contribution < 1.29 is 9.69 Å². The Morgan fingerprint density at radius 3 is 2.65 bits per heavy atom. The number of aromatic nitrogens is 2. The number of nitrogens with zero attached hydrogens (tertiary/aromatic N) is 1. The molecule has 1 aliphatic rings. The van der Waals surface area contributed by atoms with Crippen LogP contribution in [0.25, 0.3) is 22.3 Å². The molecule has 6 nitrogen and oxygen atoms in total. The minimum Gasteiger partial charge on any atom is -0.327 e. The second-order valence-corrected chi connectivity index (χ2v) is 6.66. The molecule has 0 radical (unpaired) electrons. The number of quaternary nitrogens is 1. The van der Waals surface area contributed by atoms with Crippen molar-refractivity contribution in [3.63, 3.8) is 0 Å². The minimum absolute atomic E-state index is 0.0356. The second kappa shape index (κ2) is 7.09. The van der Waals surface area contributed by atoms with Gasteiger partial charge < -0.3 is 15.2 Å². The van der Waals surface area contributed by atoms with Gasteiger partial charge in [-0.1, -0.05) is 30.3 Å². The van der Waals surface area contributed by atoms with Crippen molar-refractivity contribution in [1.82, 2.24) is 9.97 Å². The summed E-state index contributed by atoms with van der Waals surface area (Å²) in [5.41, 5.74) is 2.70. The Hall–Kier alpha value is -2.99. The lowest BCUT2D eigenvalue weighted by Gasteiger charge is -2.14. The van der Waals surface area contributed by atoms with Gasteiger partial charge in [0.1, 0.15) is 5.69 Å². The number of anilines is 1. The lowest BCUT2D eigenvalue weighted by atomic mass is 10.1. The van der Waals surface area contributed by atoms with Crippen molar-refractivity contribution in [3.8, 4) is 11.3 Å². The molecular weight excluding hydrogens is 328 g/mol. The third-order valence-electron chi connectivity index (χ3n) is 4.78. The number of hydrogen-bond donors (Lipinski definition) is 3. The monoisotopic (exact) mass is 349 g/mol. The maximum atomic E-state index is 12.5. The molecule has 3 N–H and O–H groups in total. The number of rotatable bonds is 4. The number of amides is 1. The normalized spacial score (nSPS) is 14.6. The lowest BCUT2D eigenvalue weighted by molar-refractivity contribution is -0.878. The first-order valence-electron chi connectivity index (χ1n) is 8.92. The third kappa shape index (κ3) is 3.36. The zero-order valence-electron chi connectivity index (χ0n) is 14.4. The van der Waals surface area contributed by atoms with Crippen molar-refractivity contribution in [3.05, 3.63) is 58.9 Å². The number of carbonyl (C=O) groups is 1. The maximum Gasteiger partial charge on any atom is 0.279 e. The number of hydrogen-bond acceptors (Lipinski definition) is 3. The van der Waals surface area contributed by atoms with Gasteiger partial charge in [0.25, 0.3) is 11.5 Å². The first kappa shape index (κ1) is 16.5. The fraction of sp³-hybridized carbons (Fsp3) is 0.250. The first-order chi connectivity index (χ1) is 12.7. The highest BCUT2D eigenvalue weighted by Crippen LogP contribution is 2.24. The SMILES string of the molecule is O=C(C[NH+]1CCCC1)Nc1ccccc1-c1nc2ccccc2[nH]c1=O. The number of para-hydroxylation sites is 3. The van der Waals surface area contributed by atoms with Crippen LogP contribution in [0.3, 0.4) is 0 Å². The highest BCUT2D eigenvalue weighted by Gasteiger charge is 2.20. The summed E-state index contributed by atoms with van der Waals surface area (Å²) in [6.07, 6.45) is 2.35. The minimum atomic E-state index is -0.268. The standard InChI is InChI=1S/C20H20N4O2/c25-18(13-24-11-5-6-12-24)21-15-8-2-1-7-14(15)19-20(26)23-17-10-4-3-9-16(17)22-19/h1-4,7-10H,5-6,11-13H2,(H,21,25)(H,23,26)/p+1. The van der Waals surface area contributed by atoms with E-state index in [2.05, 4.69) is 15.3 Å². The molecule has 132 valence electrons. The summed E-state index contributed by atoms with van der Waals surface area (Å²) in [6, 6.07) is 14.7. The van der Waals surface area contributed by atoms with Crippen molar-refractivity contribution in [2.24, 2.45) is 0 Å². The van der Waals surface area contributed by atoms with Gasteiger partial charge in [0.2, 0.25) is 0 Å². The third-order valence-corrected chi connectivity index (χ3v) is 4.78. The van der Waals surface area contributed by atoms with Crippen LogP contribution in [0.4, 0.5) is 5.69 Å². The molecule has 2 heterocycles. The number of nitrogens with one attached hydrogen (secondary N) is 3. The largest absolute Gasteiger partial charge is 0.327 e. The van der Waals surface area contributed by atoms with Crippen LogP contribution in [0.5, 0.6) is 0 Å². The van der Waals surface area contributed by atoms with Crippen LogP contribution in [0, 0.1) is 0 Å². The quantitative estimate of drug-likeness (QED) is 0.662. The number of aromatic amines is 1. The molecule has 4 rings (SSSR count). The van der Waals surface area contributed by atoms with E-state index in [1.165, 1.54) is 17.7 Å². The predicted octanol–water partition coefficient (Wildman–Crippen LogP) is 1.21. The molecule has 2 aromatic carbocycles. The Morgan fingerprint density at radius 2 is 1.81 bits per heavy atom. The molecule has 0 saturated carbocycles. The highest BCUT2D eigenvalue weighted by atomic mass is 16.2. The van der Waals surface area contributed by atoms with Gasteiger partial charge in [0.15, 0.2) is 6.54 Å². The Bertz CT molecular complexity index is 1010.